The third-order valence-corrected chi connectivity index (χ3v) is 3.08. The van der Waals surface area contributed by atoms with Gasteiger partial charge in [0.05, 0.1) is 6.61 Å². The second kappa shape index (κ2) is 5.05. The van der Waals surface area contributed by atoms with Crippen LogP contribution >= 0.6 is 23.2 Å². The van der Waals surface area contributed by atoms with Gasteiger partial charge in [-0.05, 0) is 23.8 Å². The Labute approximate surface area is 108 Å². The third-order valence-electron chi connectivity index (χ3n) is 2.45. The van der Waals surface area contributed by atoms with Crippen LogP contribution in [-0.2, 0) is 6.61 Å². The molecule has 0 amide bonds. The number of hydrogen-bond acceptors (Lipinski definition) is 1. The summed E-state index contributed by atoms with van der Waals surface area (Å²) >= 11 is 12.0. The summed E-state index contributed by atoms with van der Waals surface area (Å²) in [6, 6.07) is 9.49. The van der Waals surface area contributed by atoms with E-state index in [-0.39, 0.29) is 6.61 Å². The molecule has 0 bridgehead atoms. The molecule has 0 aliphatic rings. The number of halogens is 3. The van der Waals surface area contributed by atoms with Crippen LogP contribution in [-0.4, -0.2) is 5.11 Å². The fourth-order valence-electron chi connectivity index (χ4n) is 1.61. The minimum Gasteiger partial charge on any atom is -0.392 e. The second-order valence-corrected chi connectivity index (χ2v) is 4.38. The van der Waals surface area contributed by atoms with Gasteiger partial charge >= 0.3 is 0 Å². The summed E-state index contributed by atoms with van der Waals surface area (Å²) in [5.41, 5.74) is 1.31. The molecule has 2 rings (SSSR count). The van der Waals surface area contributed by atoms with E-state index in [4.69, 9.17) is 28.3 Å². The predicted molar refractivity (Wildman–Crippen MR) is 67.8 cm³/mol. The van der Waals surface area contributed by atoms with Crippen LogP contribution in [0.3, 0.4) is 0 Å². The smallest absolute Gasteiger partial charge is 0.131 e. The number of benzene rings is 2. The second-order valence-electron chi connectivity index (χ2n) is 3.57. The lowest BCUT2D eigenvalue weighted by molar-refractivity contribution is 0.281. The van der Waals surface area contributed by atoms with Gasteiger partial charge in [-0.3, -0.25) is 0 Å². The molecule has 0 atom stereocenters. The zero-order valence-corrected chi connectivity index (χ0v) is 10.3. The van der Waals surface area contributed by atoms with Gasteiger partial charge in [-0.2, -0.15) is 0 Å². The largest absolute Gasteiger partial charge is 0.392 e. The van der Waals surface area contributed by atoms with Crippen molar-refractivity contribution in [2.75, 3.05) is 0 Å². The van der Waals surface area contributed by atoms with E-state index in [0.29, 0.717) is 26.7 Å². The highest BCUT2D eigenvalue weighted by Gasteiger charge is 2.12. The van der Waals surface area contributed by atoms with Crippen molar-refractivity contribution in [1.29, 1.82) is 0 Å². The maximum absolute atomic E-state index is 13.9. The van der Waals surface area contributed by atoms with Gasteiger partial charge in [0.15, 0.2) is 0 Å². The van der Waals surface area contributed by atoms with Crippen molar-refractivity contribution < 1.29 is 9.50 Å². The summed E-state index contributed by atoms with van der Waals surface area (Å²) in [6.07, 6.45) is 0. The van der Waals surface area contributed by atoms with Gasteiger partial charge in [0.1, 0.15) is 5.82 Å². The fourth-order valence-corrected chi connectivity index (χ4v) is 2.22. The van der Waals surface area contributed by atoms with E-state index in [2.05, 4.69) is 0 Å². The van der Waals surface area contributed by atoms with Gasteiger partial charge in [-0.15, -0.1) is 0 Å². The number of aliphatic hydroxyl groups excluding tert-OH is 1. The molecule has 0 heterocycles. The first kappa shape index (κ1) is 12.4. The third kappa shape index (κ3) is 2.44. The molecule has 0 saturated carbocycles. The van der Waals surface area contributed by atoms with Gasteiger partial charge in [0.2, 0.25) is 0 Å². The van der Waals surface area contributed by atoms with Crippen molar-refractivity contribution in [2.24, 2.45) is 0 Å². The summed E-state index contributed by atoms with van der Waals surface area (Å²) in [5.74, 6) is -0.452. The Morgan fingerprint density at radius 1 is 1.06 bits per heavy atom. The molecule has 17 heavy (non-hydrogen) atoms. The summed E-state index contributed by atoms with van der Waals surface area (Å²) in [7, 11) is 0. The number of hydrogen-bond donors (Lipinski definition) is 1. The van der Waals surface area contributed by atoms with Gasteiger partial charge in [-0.25, -0.2) is 4.39 Å². The quantitative estimate of drug-likeness (QED) is 0.863. The molecular weight excluding hydrogens is 262 g/mol. The SMILES string of the molecule is OCc1ccc(-c2c(Cl)cccc2Cl)c(F)c1. The highest BCUT2D eigenvalue weighted by molar-refractivity contribution is 6.39. The van der Waals surface area contributed by atoms with E-state index >= 15 is 0 Å². The molecular formula is C13H9Cl2FO. The first-order valence-electron chi connectivity index (χ1n) is 4.97. The summed E-state index contributed by atoms with van der Waals surface area (Å²) in [4.78, 5) is 0. The van der Waals surface area contributed by atoms with Crippen molar-refractivity contribution in [3.63, 3.8) is 0 Å². The topological polar surface area (TPSA) is 20.2 Å². The molecule has 1 nitrogen and oxygen atoms in total. The monoisotopic (exact) mass is 270 g/mol. The molecule has 4 heteroatoms. The van der Waals surface area contributed by atoms with Crippen molar-refractivity contribution in [3.8, 4) is 11.1 Å². The van der Waals surface area contributed by atoms with Crippen LogP contribution in [0.5, 0.6) is 0 Å². The van der Waals surface area contributed by atoms with Gasteiger partial charge in [0, 0.05) is 21.2 Å². The molecule has 0 spiro atoms. The Kier molecular flexibility index (Phi) is 3.67. The van der Waals surface area contributed by atoms with E-state index < -0.39 is 5.82 Å². The van der Waals surface area contributed by atoms with Gasteiger partial charge in [-0.1, -0.05) is 41.4 Å². The molecule has 1 N–H and O–H groups in total. The Bertz CT molecular complexity index is 535. The Balaban J connectivity index is 2.61. The zero-order valence-electron chi connectivity index (χ0n) is 8.75. The Morgan fingerprint density at radius 3 is 2.24 bits per heavy atom. The van der Waals surface area contributed by atoms with Gasteiger partial charge in [0.25, 0.3) is 0 Å². The predicted octanol–water partition coefficient (Wildman–Crippen LogP) is 4.29. The van der Waals surface area contributed by atoms with E-state index in [1.165, 1.54) is 6.07 Å². The number of rotatable bonds is 2. The normalized spacial score (nSPS) is 10.6. The Hall–Kier alpha value is -1.09. The van der Waals surface area contributed by atoms with Crippen molar-refractivity contribution >= 4 is 23.2 Å². The van der Waals surface area contributed by atoms with E-state index in [9.17, 15) is 4.39 Å². The van der Waals surface area contributed by atoms with Crippen LogP contribution < -0.4 is 0 Å². The molecule has 2 aromatic rings. The molecule has 0 aliphatic carbocycles. The van der Waals surface area contributed by atoms with Crippen molar-refractivity contribution in [1.82, 2.24) is 0 Å². The minimum atomic E-state index is -0.452. The standard InChI is InChI=1S/C13H9Cl2FO/c14-10-2-1-3-11(15)13(10)9-5-4-8(7-17)6-12(9)16/h1-6,17H,7H2. The highest BCUT2D eigenvalue weighted by atomic mass is 35.5. The van der Waals surface area contributed by atoms with Crippen LogP contribution in [0.2, 0.25) is 10.0 Å². The van der Waals surface area contributed by atoms with Crippen molar-refractivity contribution in [3.05, 3.63) is 57.8 Å². The molecule has 0 radical (unpaired) electrons. The van der Waals surface area contributed by atoms with Crippen LogP contribution in [0.1, 0.15) is 5.56 Å². The summed E-state index contributed by atoms with van der Waals surface area (Å²) in [5, 5.41) is 9.71. The maximum Gasteiger partial charge on any atom is 0.131 e. The lowest BCUT2D eigenvalue weighted by atomic mass is 10.0. The average Bonchev–Trinajstić information content (AvgIpc) is 2.30. The average molecular weight is 271 g/mol. The minimum absolute atomic E-state index is 0.201. The van der Waals surface area contributed by atoms with Crippen LogP contribution in [0.15, 0.2) is 36.4 Å². The molecule has 2 aromatic carbocycles. The van der Waals surface area contributed by atoms with Crippen LogP contribution in [0.4, 0.5) is 4.39 Å². The summed E-state index contributed by atoms with van der Waals surface area (Å²) in [6.45, 7) is -0.201. The molecule has 0 saturated heterocycles. The molecule has 88 valence electrons. The maximum atomic E-state index is 13.9. The Morgan fingerprint density at radius 2 is 1.71 bits per heavy atom. The van der Waals surface area contributed by atoms with Crippen molar-refractivity contribution in [2.45, 2.75) is 6.61 Å². The van der Waals surface area contributed by atoms with Crippen LogP contribution in [0, 0.1) is 5.82 Å². The number of aliphatic hydroxyl groups is 1. The molecule has 0 unspecified atom stereocenters. The first-order chi connectivity index (χ1) is 8.13. The molecule has 0 aliphatic heterocycles. The first-order valence-corrected chi connectivity index (χ1v) is 5.72. The highest BCUT2D eigenvalue weighted by Crippen LogP contribution is 2.36. The lowest BCUT2D eigenvalue weighted by Crippen LogP contribution is -1.90. The lowest BCUT2D eigenvalue weighted by Gasteiger charge is -2.09. The van der Waals surface area contributed by atoms with E-state index in [0.717, 1.165) is 0 Å². The zero-order chi connectivity index (χ0) is 12.4. The molecule has 0 fully saturated rings. The van der Waals surface area contributed by atoms with Gasteiger partial charge < -0.3 is 5.11 Å². The van der Waals surface area contributed by atoms with E-state index in [1.54, 1.807) is 30.3 Å². The fraction of sp³-hybridized carbons (Fsp3) is 0.0769. The van der Waals surface area contributed by atoms with Crippen LogP contribution in [0.25, 0.3) is 11.1 Å². The summed E-state index contributed by atoms with van der Waals surface area (Å²) < 4.78 is 13.9. The molecule has 0 aromatic heterocycles. The van der Waals surface area contributed by atoms with E-state index in [1.807, 2.05) is 0 Å².